The number of carbonyl (C=O) groups excluding carboxylic acids is 1. The van der Waals surface area contributed by atoms with Crippen LogP contribution in [-0.2, 0) is 6.54 Å². The van der Waals surface area contributed by atoms with E-state index in [2.05, 4.69) is 10.3 Å². The third-order valence-corrected chi connectivity index (χ3v) is 2.98. The van der Waals surface area contributed by atoms with Gasteiger partial charge in [-0.3, -0.25) is 9.78 Å². The molecule has 1 aromatic carbocycles. The number of carbonyl (C=O) groups is 1. The van der Waals surface area contributed by atoms with Crippen LogP contribution >= 0.6 is 0 Å². The van der Waals surface area contributed by atoms with Gasteiger partial charge in [0, 0.05) is 18.3 Å². The Bertz CT molecular complexity index is 572. The number of pyridine rings is 1. The summed E-state index contributed by atoms with van der Waals surface area (Å²) in [5.74, 6) is -0.259. The number of benzene rings is 1. The monoisotopic (exact) mass is 271 g/mol. The predicted molar refractivity (Wildman–Crippen MR) is 75.9 cm³/mol. The summed E-state index contributed by atoms with van der Waals surface area (Å²) in [5.41, 5.74) is 7.49. The molecule has 1 atom stereocenters. The predicted octanol–water partition coefficient (Wildman–Crippen LogP) is 1.00. The highest BCUT2D eigenvalue weighted by Gasteiger charge is 2.14. The summed E-state index contributed by atoms with van der Waals surface area (Å²) < 4.78 is 0. The van der Waals surface area contributed by atoms with Gasteiger partial charge in [0.15, 0.2) is 0 Å². The highest BCUT2D eigenvalue weighted by atomic mass is 16.3. The van der Waals surface area contributed by atoms with E-state index in [-0.39, 0.29) is 19.1 Å². The molecule has 1 unspecified atom stereocenters. The first kappa shape index (κ1) is 14.2. The van der Waals surface area contributed by atoms with E-state index >= 15 is 0 Å². The van der Waals surface area contributed by atoms with E-state index in [9.17, 15) is 9.90 Å². The number of nitrogens with two attached hydrogens (primary N) is 1. The fourth-order valence-corrected chi connectivity index (χ4v) is 1.89. The molecule has 0 radical (unpaired) electrons. The van der Waals surface area contributed by atoms with Crippen molar-refractivity contribution in [3.63, 3.8) is 0 Å². The fraction of sp³-hybridized carbons (Fsp3) is 0.200. The quantitative estimate of drug-likeness (QED) is 0.757. The van der Waals surface area contributed by atoms with Crippen LogP contribution in [0.1, 0.15) is 27.7 Å². The third-order valence-electron chi connectivity index (χ3n) is 2.98. The lowest BCUT2D eigenvalue weighted by Gasteiger charge is -2.16. The molecule has 0 saturated carbocycles. The van der Waals surface area contributed by atoms with E-state index in [1.165, 1.54) is 0 Å². The topological polar surface area (TPSA) is 88.2 Å². The van der Waals surface area contributed by atoms with Crippen LogP contribution in [0, 0.1) is 0 Å². The number of nitrogens with zero attached hydrogens (tertiary/aromatic N) is 1. The van der Waals surface area contributed by atoms with Gasteiger partial charge in [-0.05, 0) is 17.7 Å². The van der Waals surface area contributed by atoms with Crippen molar-refractivity contribution in [3.8, 4) is 0 Å². The van der Waals surface area contributed by atoms with Gasteiger partial charge in [-0.1, -0.05) is 30.3 Å². The fourth-order valence-electron chi connectivity index (χ4n) is 1.89. The number of aliphatic hydroxyl groups excluding tert-OH is 1. The number of amides is 1. The maximum Gasteiger partial charge on any atom is 0.251 e. The molecule has 1 aromatic heterocycles. The molecule has 1 amide bonds. The number of hydrogen-bond acceptors (Lipinski definition) is 4. The second-order valence-corrected chi connectivity index (χ2v) is 4.36. The van der Waals surface area contributed by atoms with Crippen LogP contribution in [0.5, 0.6) is 0 Å². The van der Waals surface area contributed by atoms with Gasteiger partial charge in [0.1, 0.15) is 0 Å². The average Bonchev–Trinajstić information content (AvgIpc) is 2.53. The van der Waals surface area contributed by atoms with Crippen LogP contribution in [0.3, 0.4) is 0 Å². The molecule has 0 fully saturated rings. The van der Waals surface area contributed by atoms with Crippen molar-refractivity contribution in [1.82, 2.24) is 10.3 Å². The maximum absolute atomic E-state index is 12.2. The van der Waals surface area contributed by atoms with Gasteiger partial charge in [0.05, 0.1) is 18.3 Å². The zero-order valence-corrected chi connectivity index (χ0v) is 11.0. The molecule has 104 valence electrons. The summed E-state index contributed by atoms with van der Waals surface area (Å²) >= 11 is 0. The Morgan fingerprint density at radius 3 is 2.70 bits per heavy atom. The van der Waals surface area contributed by atoms with Crippen LogP contribution in [0.4, 0.5) is 0 Å². The zero-order valence-electron chi connectivity index (χ0n) is 11.0. The molecule has 4 N–H and O–H groups in total. The van der Waals surface area contributed by atoms with Gasteiger partial charge in [-0.15, -0.1) is 0 Å². The van der Waals surface area contributed by atoms with Crippen molar-refractivity contribution in [1.29, 1.82) is 0 Å². The van der Waals surface area contributed by atoms with E-state index in [0.717, 1.165) is 5.56 Å². The minimum Gasteiger partial charge on any atom is -0.394 e. The Kier molecular flexibility index (Phi) is 4.81. The summed E-state index contributed by atoms with van der Waals surface area (Å²) in [6.45, 7) is 0.119. The highest BCUT2D eigenvalue weighted by molar-refractivity contribution is 5.94. The number of aromatic nitrogens is 1. The van der Waals surface area contributed by atoms with Crippen LogP contribution in [0.15, 0.2) is 48.7 Å². The summed E-state index contributed by atoms with van der Waals surface area (Å²) in [6.07, 6.45) is 1.55. The SMILES string of the molecule is NCc1cc(C(=O)NC(CO)c2ccccc2)ccn1. The molecule has 0 aliphatic carbocycles. The van der Waals surface area contributed by atoms with E-state index < -0.39 is 6.04 Å². The number of aliphatic hydroxyl groups is 1. The summed E-state index contributed by atoms with van der Waals surface area (Å²) in [4.78, 5) is 16.2. The van der Waals surface area contributed by atoms with E-state index in [1.54, 1.807) is 18.3 Å². The Morgan fingerprint density at radius 2 is 2.05 bits per heavy atom. The van der Waals surface area contributed by atoms with Crippen LogP contribution in [0.2, 0.25) is 0 Å². The van der Waals surface area contributed by atoms with Gasteiger partial charge < -0.3 is 16.2 Å². The van der Waals surface area contributed by atoms with Gasteiger partial charge in [0.25, 0.3) is 5.91 Å². The largest absolute Gasteiger partial charge is 0.394 e. The summed E-state index contributed by atoms with van der Waals surface area (Å²) in [7, 11) is 0. The Labute approximate surface area is 117 Å². The second-order valence-electron chi connectivity index (χ2n) is 4.36. The molecule has 0 aliphatic heterocycles. The number of rotatable bonds is 5. The molecule has 20 heavy (non-hydrogen) atoms. The van der Waals surface area contributed by atoms with Crippen molar-refractivity contribution in [2.45, 2.75) is 12.6 Å². The van der Waals surface area contributed by atoms with Crippen molar-refractivity contribution < 1.29 is 9.90 Å². The standard InChI is InChI=1S/C15H17N3O2/c16-9-13-8-12(6-7-17-13)15(20)18-14(10-19)11-4-2-1-3-5-11/h1-8,14,19H,9-10,16H2,(H,18,20). The van der Waals surface area contributed by atoms with Crippen molar-refractivity contribution in [2.75, 3.05) is 6.61 Å². The summed E-state index contributed by atoms with van der Waals surface area (Å²) in [5, 5.41) is 12.2. The third kappa shape index (κ3) is 3.40. The zero-order chi connectivity index (χ0) is 14.4. The number of nitrogens with one attached hydrogen (secondary N) is 1. The molecule has 2 rings (SSSR count). The molecule has 0 bridgehead atoms. The molecule has 0 spiro atoms. The molecule has 5 heteroatoms. The van der Waals surface area contributed by atoms with Crippen molar-refractivity contribution in [2.24, 2.45) is 5.73 Å². The van der Waals surface area contributed by atoms with Crippen LogP contribution in [-0.4, -0.2) is 22.6 Å². The normalized spacial score (nSPS) is 11.9. The Morgan fingerprint density at radius 1 is 1.30 bits per heavy atom. The van der Waals surface area contributed by atoms with Crippen molar-refractivity contribution >= 4 is 5.91 Å². The highest BCUT2D eigenvalue weighted by Crippen LogP contribution is 2.13. The molecule has 5 nitrogen and oxygen atoms in total. The summed E-state index contributed by atoms with van der Waals surface area (Å²) in [6, 6.07) is 12.2. The van der Waals surface area contributed by atoms with Gasteiger partial charge in [-0.25, -0.2) is 0 Å². The maximum atomic E-state index is 12.2. The first-order chi connectivity index (χ1) is 9.74. The lowest BCUT2D eigenvalue weighted by Crippen LogP contribution is -2.30. The van der Waals surface area contributed by atoms with E-state index in [4.69, 9.17) is 5.73 Å². The minimum atomic E-state index is -0.432. The van der Waals surface area contributed by atoms with E-state index in [1.807, 2.05) is 30.3 Å². The van der Waals surface area contributed by atoms with Crippen LogP contribution in [0.25, 0.3) is 0 Å². The lowest BCUT2D eigenvalue weighted by molar-refractivity contribution is 0.0916. The first-order valence-electron chi connectivity index (χ1n) is 6.36. The minimum absolute atomic E-state index is 0.162. The van der Waals surface area contributed by atoms with Gasteiger partial charge >= 0.3 is 0 Å². The van der Waals surface area contributed by atoms with Crippen LogP contribution < -0.4 is 11.1 Å². The molecular weight excluding hydrogens is 254 g/mol. The Balaban J connectivity index is 2.13. The average molecular weight is 271 g/mol. The van der Waals surface area contributed by atoms with Gasteiger partial charge in [0.2, 0.25) is 0 Å². The first-order valence-corrected chi connectivity index (χ1v) is 6.36. The molecular formula is C15H17N3O2. The Hall–Kier alpha value is -2.24. The molecule has 1 heterocycles. The molecule has 0 saturated heterocycles. The molecule has 2 aromatic rings. The van der Waals surface area contributed by atoms with E-state index in [0.29, 0.717) is 11.3 Å². The second kappa shape index (κ2) is 6.79. The number of hydrogen-bond donors (Lipinski definition) is 3. The molecule has 0 aliphatic rings. The van der Waals surface area contributed by atoms with Gasteiger partial charge in [-0.2, -0.15) is 0 Å². The lowest BCUT2D eigenvalue weighted by atomic mass is 10.1. The smallest absolute Gasteiger partial charge is 0.251 e. The van der Waals surface area contributed by atoms with Crippen molar-refractivity contribution in [3.05, 3.63) is 65.5 Å².